The van der Waals surface area contributed by atoms with Gasteiger partial charge in [-0.25, -0.2) is 0 Å². The van der Waals surface area contributed by atoms with Crippen molar-refractivity contribution in [3.05, 3.63) is 62.5 Å². The monoisotopic (exact) mass is 422 g/mol. The number of amidine groups is 1. The minimum absolute atomic E-state index is 0.219. The van der Waals surface area contributed by atoms with E-state index in [1.807, 2.05) is 31.2 Å². The maximum Gasteiger partial charge on any atom is 0.286 e. The number of benzene rings is 2. The van der Waals surface area contributed by atoms with E-state index in [1.165, 1.54) is 0 Å². The van der Waals surface area contributed by atoms with Crippen molar-refractivity contribution in [1.82, 2.24) is 0 Å². The Kier molecular flexibility index (Phi) is 6.31. The second-order valence-electron chi connectivity index (χ2n) is 5.69. The van der Waals surface area contributed by atoms with Gasteiger partial charge in [0.05, 0.1) is 15.0 Å². The number of carbonyl (C=O) groups excluding carboxylic acids is 1. The van der Waals surface area contributed by atoms with Crippen LogP contribution in [-0.4, -0.2) is 24.3 Å². The Bertz CT molecular complexity index is 921. The number of halogens is 2. The molecule has 0 aromatic heterocycles. The molecule has 1 amide bonds. The van der Waals surface area contributed by atoms with Gasteiger partial charge < -0.3 is 15.2 Å². The zero-order chi connectivity index (χ0) is 19.4. The van der Waals surface area contributed by atoms with Gasteiger partial charge in [0.2, 0.25) is 0 Å². The highest BCUT2D eigenvalue weighted by Gasteiger charge is 2.20. The molecule has 2 N–H and O–H groups in total. The van der Waals surface area contributed by atoms with E-state index >= 15 is 0 Å². The van der Waals surface area contributed by atoms with E-state index in [0.717, 1.165) is 23.1 Å². The summed E-state index contributed by atoms with van der Waals surface area (Å²) in [6, 6.07) is 11.1. The minimum Gasteiger partial charge on any atom is -0.490 e. The maximum absolute atomic E-state index is 11.7. The Balaban J connectivity index is 1.62. The molecule has 27 heavy (non-hydrogen) atoms. The number of ether oxygens (including phenoxy) is 2. The minimum atomic E-state index is -0.377. The summed E-state index contributed by atoms with van der Waals surface area (Å²) < 4.78 is 11.3. The van der Waals surface area contributed by atoms with Gasteiger partial charge in [-0.1, -0.05) is 35.3 Å². The fourth-order valence-corrected chi connectivity index (χ4v) is 3.68. The van der Waals surface area contributed by atoms with Gasteiger partial charge in [-0.2, -0.15) is 4.99 Å². The summed E-state index contributed by atoms with van der Waals surface area (Å²) in [7, 11) is 0. The standard InChI is InChI=1S/C19H16Cl2N2O3S/c1-11-3-2-4-13(7-11)25-5-6-26-17-14(20)8-12(9-15(17)21)10-16-18(24)23-19(22)27-16/h2-4,7-10H,5-6H2,1H3,(H2,22,23,24)/b16-10+. The Morgan fingerprint density at radius 2 is 1.85 bits per heavy atom. The SMILES string of the molecule is Cc1cccc(OCCOc2c(Cl)cc(/C=C3/SC(N)=NC3=O)cc2Cl)c1. The van der Waals surface area contributed by atoms with Crippen LogP contribution in [0.3, 0.4) is 0 Å². The first-order chi connectivity index (χ1) is 12.9. The molecule has 140 valence electrons. The fraction of sp³-hybridized carbons (Fsp3) is 0.158. The topological polar surface area (TPSA) is 73.9 Å². The third kappa shape index (κ3) is 5.19. The molecule has 0 saturated carbocycles. The third-order valence-corrected chi connectivity index (χ3v) is 4.92. The lowest BCUT2D eigenvalue weighted by molar-refractivity contribution is -0.113. The van der Waals surface area contributed by atoms with Gasteiger partial charge in [0.25, 0.3) is 5.91 Å². The van der Waals surface area contributed by atoms with Gasteiger partial charge in [0.15, 0.2) is 10.9 Å². The first-order valence-corrected chi connectivity index (χ1v) is 9.59. The average molecular weight is 423 g/mol. The van der Waals surface area contributed by atoms with Crippen molar-refractivity contribution in [3.63, 3.8) is 0 Å². The summed E-state index contributed by atoms with van der Waals surface area (Å²) >= 11 is 13.7. The number of aryl methyl sites for hydroxylation is 1. The number of hydrogen-bond acceptors (Lipinski definition) is 5. The summed E-state index contributed by atoms with van der Waals surface area (Å²) in [5, 5.41) is 0.903. The zero-order valence-electron chi connectivity index (χ0n) is 14.4. The normalized spacial score (nSPS) is 15.1. The first kappa shape index (κ1) is 19.6. The second kappa shape index (κ2) is 8.69. The van der Waals surface area contributed by atoms with E-state index in [0.29, 0.717) is 32.9 Å². The summed E-state index contributed by atoms with van der Waals surface area (Å²) in [6.45, 7) is 2.63. The van der Waals surface area contributed by atoms with Gasteiger partial charge in [-0.3, -0.25) is 4.79 Å². The Hall–Kier alpha value is -2.15. The zero-order valence-corrected chi connectivity index (χ0v) is 16.7. The number of rotatable bonds is 6. The lowest BCUT2D eigenvalue weighted by atomic mass is 10.2. The number of carbonyl (C=O) groups is 1. The van der Waals surface area contributed by atoms with Crippen molar-refractivity contribution in [2.45, 2.75) is 6.92 Å². The summed E-state index contributed by atoms with van der Waals surface area (Å²) in [6.07, 6.45) is 1.64. The molecule has 2 aromatic rings. The average Bonchev–Trinajstić information content (AvgIpc) is 2.91. The summed E-state index contributed by atoms with van der Waals surface area (Å²) in [5.41, 5.74) is 7.32. The molecular weight excluding hydrogens is 407 g/mol. The smallest absolute Gasteiger partial charge is 0.286 e. The molecular formula is C19H16Cl2N2O3S. The number of amides is 1. The quantitative estimate of drug-likeness (QED) is 0.539. The number of thioether (sulfide) groups is 1. The van der Waals surface area contributed by atoms with Crippen LogP contribution >= 0.6 is 35.0 Å². The van der Waals surface area contributed by atoms with Crippen molar-refractivity contribution in [2.24, 2.45) is 10.7 Å². The molecule has 1 aliphatic rings. The van der Waals surface area contributed by atoms with Crippen LogP contribution in [0.4, 0.5) is 0 Å². The largest absolute Gasteiger partial charge is 0.490 e. The number of nitrogens with zero attached hydrogens (tertiary/aromatic N) is 1. The van der Waals surface area contributed by atoms with Crippen LogP contribution in [0.2, 0.25) is 10.0 Å². The molecule has 8 heteroatoms. The van der Waals surface area contributed by atoms with Gasteiger partial charge in [-0.05, 0) is 60.2 Å². The molecule has 0 unspecified atom stereocenters. The molecule has 0 fully saturated rings. The van der Waals surface area contributed by atoms with E-state index in [9.17, 15) is 4.79 Å². The lowest BCUT2D eigenvalue weighted by Crippen LogP contribution is -2.09. The predicted octanol–water partition coefficient (Wildman–Crippen LogP) is 4.69. The predicted molar refractivity (Wildman–Crippen MR) is 111 cm³/mol. The highest BCUT2D eigenvalue weighted by molar-refractivity contribution is 8.18. The molecule has 1 aliphatic heterocycles. The Labute approximate surface area is 171 Å². The van der Waals surface area contributed by atoms with Gasteiger partial charge in [0, 0.05) is 0 Å². The van der Waals surface area contributed by atoms with E-state index < -0.39 is 0 Å². The Morgan fingerprint density at radius 1 is 1.15 bits per heavy atom. The molecule has 0 radical (unpaired) electrons. The molecule has 2 aromatic carbocycles. The molecule has 0 saturated heterocycles. The van der Waals surface area contributed by atoms with E-state index in [-0.39, 0.29) is 17.7 Å². The van der Waals surface area contributed by atoms with Crippen molar-refractivity contribution >= 4 is 52.1 Å². The van der Waals surface area contributed by atoms with E-state index in [1.54, 1.807) is 18.2 Å². The van der Waals surface area contributed by atoms with Gasteiger partial charge >= 0.3 is 0 Å². The van der Waals surface area contributed by atoms with E-state index in [2.05, 4.69) is 4.99 Å². The molecule has 0 bridgehead atoms. The van der Waals surface area contributed by atoms with Crippen LogP contribution in [0, 0.1) is 6.92 Å². The van der Waals surface area contributed by atoms with Crippen LogP contribution < -0.4 is 15.2 Å². The van der Waals surface area contributed by atoms with Crippen molar-refractivity contribution in [2.75, 3.05) is 13.2 Å². The van der Waals surface area contributed by atoms with Crippen LogP contribution in [0.1, 0.15) is 11.1 Å². The van der Waals surface area contributed by atoms with Gasteiger partial charge in [-0.15, -0.1) is 0 Å². The van der Waals surface area contributed by atoms with Gasteiger partial charge in [0.1, 0.15) is 19.0 Å². The molecule has 0 atom stereocenters. The van der Waals surface area contributed by atoms with Crippen LogP contribution in [0.25, 0.3) is 6.08 Å². The van der Waals surface area contributed by atoms with E-state index in [4.69, 9.17) is 38.4 Å². The van der Waals surface area contributed by atoms with Crippen LogP contribution in [0.15, 0.2) is 46.3 Å². The summed E-state index contributed by atoms with van der Waals surface area (Å²) in [4.78, 5) is 15.7. The van der Waals surface area contributed by atoms with Crippen molar-refractivity contribution < 1.29 is 14.3 Å². The maximum atomic E-state index is 11.7. The number of hydrogen-bond donors (Lipinski definition) is 1. The number of aliphatic imine (C=N–C) groups is 1. The van der Waals surface area contributed by atoms with Crippen molar-refractivity contribution in [1.29, 1.82) is 0 Å². The molecule has 5 nitrogen and oxygen atoms in total. The highest BCUT2D eigenvalue weighted by atomic mass is 35.5. The van der Waals surface area contributed by atoms with Crippen LogP contribution in [0.5, 0.6) is 11.5 Å². The lowest BCUT2D eigenvalue weighted by Gasteiger charge is -2.12. The third-order valence-electron chi connectivity index (χ3n) is 3.54. The molecule has 3 rings (SSSR count). The van der Waals surface area contributed by atoms with Crippen LogP contribution in [-0.2, 0) is 4.79 Å². The molecule has 0 spiro atoms. The number of nitrogens with two attached hydrogens (primary N) is 1. The Morgan fingerprint density at radius 3 is 2.48 bits per heavy atom. The fourth-order valence-electron chi connectivity index (χ4n) is 2.39. The highest BCUT2D eigenvalue weighted by Crippen LogP contribution is 2.36. The molecule has 0 aliphatic carbocycles. The molecule has 1 heterocycles. The first-order valence-electron chi connectivity index (χ1n) is 8.02. The van der Waals surface area contributed by atoms with Crippen molar-refractivity contribution in [3.8, 4) is 11.5 Å². The second-order valence-corrected chi connectivity index (χ2v) is 7.57. The summed E-state index contributed by atoms with van der Waals surface area (Å²) in [5.74, 6) is 0.769.